The maximum absolute atomic E-state index is 2.00. The summed E-state index contributed by atoms with van der Waals surface area (Å²) < 4.78 is 0. The first-order valence-electron chi connectivity index (χ1n) is 2.00. The van der Waals surface area contributed by atoms with Gasteiger partial charge in [-0.1, -0.05) is 27.7 Å². The summed E-state index contributed by atoms with van der Waals surface area (Å²) in [5, 5.41) is 0. The number of hydrogen-bond acceptors (Lipinski definition) is 0. The van der Waals surface area contributed by atoms with Crippen molar-refractivity contribution in [1.82, 2.24) is 0 Å². The van der Waals surface area contributed by atoms with Crippen molar-refractivity contribution in [2.75, 3.05) is 0 Å². The molecule has 0 aromatic heterocycles. The fourth-order valence-electron chi connectivity index (χ4n) is 0. The van der Waals surface area contributed by atoms with E-state index in [9.17, 15) is 0 Å². The maximum Gasteiger partial charge on any atom is 0 e. The number of rotatable bonds is 0. The van der Waals surface area contributed by atoms with E-state index in [1.165, 1.54) is 0 Å². The standard InChI is InChI=1S/2C2H6.CH3.W/c2*1-2;;/h2*1-2H3;1H3;/q;;-1;. The van der Waals surface area contributed by atoms with Gasteiger partial charge in [-0.25, -0.2) is 0 Å². The van der Waals surface area contributed by atoms with Crippen LogP contribution in [-0.2, 0) is 21.1 Å². The second kappa shape index (κ2) is 264. The molecular weight excluding hydrogens is 244 g/mol. The zero-order valence-corrected chi connectivity index (χ0v) is 8.34. The van der Waals surface area contributed by atoms with Gasteiger partial charge in [-0.15, -0.1) is 0 Å². The van der Waals surface area contributed by atoms with Gasteiger partial charge >= 0.3 is 0 Å². The van der Waals surface area contributed by atoms with Gasteiger partial charge in [-0.2, -0.15) is 0 Å². The molecule has 0 bridgehead atoms. The summed E-state index contributed by atoms with van der Waals surface area (Å²) >= 11 is 0. The Bertz CT molecular complexity index is 3.90. The molecule has 0 fully saturated rings. The molecule has 0 amide bonds. The topological polar surface area (TPSA) is 0 Å². The van der Waals surface area contributed by atoms with Gasteiger partial charge in [-0.3, -0.25) is 0 Å². The van der Waals surface area contributed by atoms with E-state index in [1.54, 1.807) is 0 Å². The van der Waals surface area contributed by atoms with Gasteiger partial charge in [0.1, 0.15) is 0 Å². The molecule has 0 atom stereocenters. The zero-order valence-electron chi connectivity index (χ0n) is 5.41. The van der Waals surface area contributed by atoms with Crippen molar-refractivity contribution in [1.29, 1.82) is 0 Å². The van der Waals surface area contributed by atoms with Gasteiger partial charge in [0.2, 0.25) is 0 Å². The second-order valence-corrected chi connectivity index (χ2v) is 0. The van der Waals surface area contributed by atoms with E-state index >= 15 is 0 Å². The first-order chi connectivity index (χ1) is 2.00. The Kier molecular flexibility index (Phi) is 1320. The van der Waals surface area contributed by atoms with Gasteiger partial charge in [-0.05, 0) is 0 Å². The molecule has 0 nitrogen and oxygen atoms in total. The van der Waals surface area contributed by atoms with Crippen molar-refractivity contribution in [2.45, 2.75) is 27.7 Å². The van der Waals surface area contributed by atoms with E-state index in [0.717, 1.165) is 0 Å². The molecule has 0 N–H and O–H groups in total. The minimum Gasteiger partial charge on any atom is -0.358 e. The largest absolute Gasteiger partial charge is 0.358 e. The molecule has 0 aromatic carbocycles. The Morgan fingerprint density at radius 2 is 0.667 bits per heavy atom. The summed E-state index contributed by atoms with van der Waals surface area (Å²) in [4.78, 5) is 0. The van der Waals surface area contributed by atoms with Crippen LogP contribution in [0.5, 0.6) is 0 Å². The second-order valence-electron chi connectivity index (χ2n) is 0. The number of hydrogen-bond donors (Lipinski definition) is 0. The van der Waals surface area contributed by atoms with E-state index in [4.69, 9.17) is 0 Å². The van der Waals surface area contributed by atoms with Crippen molar-refractivity contribution >= 4 is 0 Å². The predicted molar refractivity (Wildman–Crippen MR) is 29.1 cm³/mol. The molecule has 0 aliphatic carbocycles. The van der Waals surface area contributed by atoms with Crippen LogP contribution in [0.1, 0.15) is 27.7 Å². The first-order valence-corrected chi connectivity index (χ1v) is 2.00. The molecule has 0 radical (unpaired) electrons. The Labute approximate surface area is 56.6 Å². The normalized spacial score (nSPS) is 2.00. The van der Waals surface area contributed by atoms with Crippen LogP contribution in [0.3, 0.4) is 0 Å². The van der Waals surface area contributed by atoms with Crippen LogP contribution < -0.4 is 0 Å². The molecule has 1 heteroatoms. The molecule has 0 rings (SSSR count). The SMILES string of the molecule is CC.CC.[CH3-].[W]. The summed E-state index contributed by atoms with van der Waals surface area (Å²) in [6.07, 6.45) is 0. The van der Waals surface area contributed by atoms with Crippen LogP contribution in [0.2, 0.25) is 0 Å². The van der Waals surface area contributed by atoms with Gasteiger partial charge < -0.3 is 7.43 Å². The van der Waals surface area contributed by atoms with E-state index in [1.807, 2.05) is 27.7 Å². The zero-order chi connectivity index (χ0) is 4.00. The molecule has 0 unspecified atom stereocenters. The van der Waals surface area contributed by atoms with Gasteiger partial charge in [0.25, 0.3) is 0 Å². The summed E-state index contributed by atoms with van der Waals surface area (Å²) in [6.45, 7) is 8.00. The van der Waals surface area contributed by atoms with E-state index in [2.05, 4.69) is 0 Å². The van der Waals surface area contributed by atoms with E-state index in [0.29, 0.717) is 0 Å². The molecule has 0 saturated heterocycles. The van der Waals surface area contributed by atoms with Crippen LogP contribution >= 0.6 is 0 Å². The smallest absolute Gasteiger partial charge is 0 e. The molecule has 6 heavy (non-hydrogen) atoms. The molecule has 0 aromatic rings. The average Bonchev–Trinajstić information content (AvgIpc) is 1.50. The van der Waals surface area contributed by atoms with Crippen molar-refractivity contribution in [3.63, 3.8) is 0 Å². The Morgan fingerprint density at radius 1 is 0.667 bits per heavy atom. The summed E-state index contributed by atoms with van der Waals surface area (Å²) in [6, 6.07) is 0. The summed E-state index contributed by atoms with van der Waals surface area (Å²) in [7, 11) is 0. The Morgan fingerprint density at radius 3 is 0.667 bits per heavy atom. The molecule has 0 saturated carbocycles. The summed E-state index contributed by atoms with van der Waals surface area (Å²) in [5.41, 5.74) is 0. The molecule has 0 spiro atoms. The third-order valence-corrected chi connectivity index (χ3v) is 0. The van der Waals surface area contributed by atoms with Gasteiger partial charge in [0.15, 0.2) is 0 Å². The molecule has 0 aliphatic rings. The minimum absolute atomic E-state index is 0. The van der Waals surface area contributed by atoms with Crippen LogP contribution in [0, 0.1) is 7.43 Å². The van der Waals surface area contributed by atoms with Crippen molar-refractivity contribution in [3.05, 3.63) is 7.43 Å². The van der Waals surface area contributed by atoms with Crippen molar-refractivity contribution in [3.8, 4) is 0 Å². The average molecular weight is 259 g/mol. The Balaban J connectivity index is -0.00000000500. The molecule has 0 aliphatic heterocycles. The molecule has 0 heterocycles. The maximum atomic E-state index is 2.00. The van der Waals surface area contributed by atoms with Crippen LogP contribution in [-0.4, -0.2) is 0 Å². The van der Waals surface area contributed by atoms with E-state index in [-0.39, 0.29) is 28.5 Å². The fourth-order valence-corrected chi connectivity index (χ4v) is 0. The third kappa shape index (κ3) is 135. The van der Waals surface area contributed by atoms with Crippen LogP contribution in [0.25, 0.3) is 0 Å². The third-order valence-electron chi connectivity index (χ3n) is 0. The Hall–Kier alpha value is 0.688. The quantitative estimate of drug-likeness (QED) is 0.586. The molecule has 42 valence electrons. The monoisotopic (exact) mass is 259 g/mol. The van der Waals surface area contributed by atoms with E-state index < -0.39 is 0 Å². The van der Waals surface area contributed by atoms with Crippen LogP contribution in [0.15, 0.2) is 0 Å². The first kappa shape index (κ1) is 29.9. The predicted octanol–water partition coefficient (Wildman–Crippen LogP) is 2.50. The molecular formula is C5H15W-. The minimum atomic E-state index is 0. The van der Waals surface area contributed by atoms with Crippen molar-refractivity contribution < 1.29 is 21.1 Å². The fraction of sp³-hybridized carbons (Fsp3) is 0.800. The summed E-state index contributed by atoms with van der Waals surface area (Å²) in [5.74, 6) is 0. The van der Waals surface area contributed by atoms with Gasteiger partial charge in [0, 0.05) is 21.1 Å². The van der Waals surface area contributed by atoms with Gasteiger partial charge in [0.05, 0.1) is 0 Å². The van der Waals surface area contributed by atoms with Crippen molar-refractivity contribution in [2.24, 2.45) is 0 Å². The van der Waals surface area contributed by atoms with Crippen LogP contribution in [0.4, 0.5) is 0 Å².